The van der Waals surface area contributed by atoms with Crippen LogP contribution in [0.4, 0.5) is 5.69 Å². The number of amides is 1. The van der Waals surface area contributed by atoms with Crippen LogP contribution >= 0.6 is 0 Å². The highest BCUT2D eigenvalue weighted by atomic mass is 16.5. The van der Waals surface area contributed by atoms with Crippen LogP contribution in [0.3, 0.4) is 0 Å². The van der Waals surface area contributed by atoms with Crippen molar-refractivity contribution in [3.63, 3.8) is 0 Å². The zero-order valence-electron chi connectivity index (χ0n) is 10.3. The molecular weight excluding hydrogens is 244 g/mol. The van der Waals surface area contributed by atoms with E-state index >= 15 is 0 Å². The van der Waals surface area contributed by atoms with Crippen molar-refractivity contribution in [2.45, 2.75) is 19.3 Å². The van der Waals surface area contributed by atoms with Crippen molar-refractivity contribution in [2.75, 3.05) is 11.9 Å². The van der Waals surface area contributed by atoms with Crippen molar-refractivity contribution < 1.29 is 9.32 Å². The molecule has 1 aliphatic rings. The second-order valence-corrected chi connectivity index (χ2v) is 4.47. The molecule has 0 aliphatic carbocycles. The molecule has 3 N–H and O–H groups in total. The molecule has 0 saturated heterocycles. The topological polar surface area (TPSA) is 94.0 Å². The molecule has 0 atom stereocenters. The van der Waals surface area contributed by atoms with Gasteiger partial charge in [0.25, 0.3) is 0 Å². The van der Waals surface area contributed by atoms with E-state index in [-0.39, 0.29) is 5.91 Å². The van der Waals surface area contributed by atoms with Gasteiger partial charge in [0.1, 0.15) is 0 Å². The van der Waals surface area contributed by atoms with E-state index in [0.717, 1.165) is 23.2 Å². The Morgan fingerprint density at radius 2 is 2.26 bits per heavy atom. The van der Waals surface area contributed by atoms with E-state index in [9.17, 15) is 4.79 Å². The van der Waals surface area contributed by atoms with E-state index < -0.39 is 0 Å². The minimum Gasteiger partial charge on any atom is -0.339 e. The van der Waals surface area contributed by atoms with E-state index in [4.69, 9.17) is 10.3 Å². The van der Waals surface area contributed by atoms with E-state index in [2.05, 4.69) is 15.5 Å². The highest BCUT2D eigenvalue weighted by molar-refractivity contribution is 5.94. The molecule has 1 aromatic carbocycles. The van der Waals surface area contributed by atoms with Gasteiger partial charge < -0.3 is 15.6 Å². The fourth-order valence-electron chi connectivity index (χ4n) is 2.12. The fourth-order valence-corrected chi connectivity index (χ4v) is 2.12. The van der Waals surface area contributed by atoms with Gasteiger partial charge in [-0.15, -0.1) is 0 Å². The summed E-state index contributed by atoms with van der Waals surface area (Å²) in [6, 6.07) is 5.74. The van der Waals surface area contributed by atoms with Gasteiger partial charge in [0.15, 0.2) is 0 Å². The Kier molecular flexibility index (Phi) is 3.00. The van der Waals surface area contributed by atoms with Gasteiger partial charge in [-0.05, 0) is 30.2 Å². The lowest BCUT2D eigenvalue weighted by molar-refractivity contribution is -0.116. The number of hydrogen-bond donors (Lipinski definition) is 2. The average molecular weight is 258 g/mol. The van der Waals surface area contributed by atoms with Gasteiger partial charge in [-0.2, -0.15) is 4.98 Å². The lowest BCUT2D eigenvalue weighted by Crippen LogP contribution is -2.18. The summed E-state index contributed by atoms with van der Waals surface area (Å²) in [6.45, 7) is 0.484. The van der Waals surface area contributed by atoms with Crippen molar-refractivity contribution >= 4 is 11.6 Å². The first-order chi connectivity index (χ1) is 9.26. The average Bonchev–Trinajstić information content (AvgIpc) is 2.87. The second-order valence-electron chi connectivity index (χ2n) is 4.47. The maximum Gasteiger partial charge on any atom is 0.228 e. The van der Waals surface area contributed by atoms with Crippen LogP contribution in [0, 0.1) is 0 Å². The third-order valence-corrected chi connectivity index (χ3v) is 3.09. The van der Waals surface area contributed by atoms with Crippen LogP contribution in [-0.2, 0) is 17.6 Å². The number of carbonyl (C=O) groups is 1. The van der Waals surface area contributed by atoms with Crippen molar-refractivity contribution in [3.05, 3.63) is 29.7 Å². The van der Waals surface area contributed by atoms with Crippen molar-refractivity contribution in [1.82, 2.24) is 10.1 Å². The van der Waals surface area contributed by atoms with E-state index in [1.807, 2.05) is 18.2 Å². The number of benzene rings is 1. The standard InChI is InChI=1S/C13H14N4O2/c14-6-5-12-16-13(17-19-12)9-1-3-10-8(7-9)2-4-11(18)15-10/h1,3,7H,2,4-6,14H2,(H,15,18). The number of nitrogens with zero attached hydrogens (tertiary/aromatic N) is 2. The monoisotopic (exact) mass is 258 g/mol. The number of aromatic nitrogens is 2. The lowest BCUT2D eigenvalue weighted by Gasteiger charge is -2.16. The number of fused-ring (bicyclic) bond motifs is 1. The normalized spacial score (nSPS) is 14.1. The molecule has 98 valence electrons. The molecule has 2 heterocycles. The third kappa shape index (κ3) is 2.34. The maximum absolute atomic E-state index is 11.3. The minimum atomic E-state index is 0.0602. The van der Waals surface area contributed by atoms with Crippen LogP contribution in [0.15, 0.2) is 22.7 Å². The molecule has 0 saturated carbocycles. The molecule has 0 spiro atoms. The first-order valence-electron chi connectivity index (χ1n) is 6.22. The quantitative estimate of drug-likeness (QED) is 0.860. The molecule has 1 aliphatic heterocycles. The summed E-state index contributed by atoms with van der Waals surface area (Å²) in [5.74, 6) is 1.16. The summed E-state index contributed by atoms with van der Waals surface area (Å²) in [5.41, 5.74) is 8.30. The predicted octanol–water partition coefficient (Wildman–Crippen LogP) is 1.12. The lowest BCUT2D eigenvalue weighted by atomic mass is 10.0. The van der Waals surface area contributed by atoms with Crippen LogP contribution in [0.1, 0.15) is 17.9 Å². The number of rotatable bonds is 3. The highest BCUT2D eigenvalue weighted by Gasteiger charge is 2.16. The zero-order valence-corrected chi connectivity index (χ0v) is 10.3. The highest BCUT2D eigenvalue weighted by Crippen LogP contribution is 2.27. The van der Waals surface area contributed by atoms with Gasteiger partial charge in [0.2, 0.25) is 17.6 Å². The Morgan fingerprint density at radius 1 is 1.37 bits per heavy atom. The Bertz CT molecular complexity index is 621. The van der Waals surface area contributed by atoms with E-state index in [1.165, 1.54) is 0 Å². The summed E-state index contributed by atoms with van der Waals surface area (Å²) in [4.78, 5) is 15.6. The third-order valence-electron chi connectivity index (χ3n) is 3.09. The summed E-state index contributed by atoms with van der Waals surface area (Å²) < 4.78 is 5.11. The molecule has 1 amide bonds. The number of anilines is 1. The molecule has 6 nitrogen and oxygen atoms in total. The van der Waals surface area contributed by atoms with Gasteiger partial charge in [-0.1, -0.05) is 5.16 Å². The molecule has 6 heteroatoms. The SMILES string of the molecule is NCCc1nc(-c2ccc3c(c2)CCC(=O)N3)no1. The fraction of sp³-hybridized carbons (Fsp3) is 0.308. The molecule has 3 rings (SSSR count). The predicted molar refractivity (Wildman–Crippen MR) is 69.4 cm³/mol. The Morgan fingerprint density at radius 3 is 3.11 bits per heavy atom. The Labute approximate surface area is 110 Å². The first kappa shape index (κ1) is 11.9. The molecule has 2 aromatic rings. The van der Waals surface area contributed by atoms with Crippen LogP contribution in [0.5, 0.6) is 0 Å². The first-order valence-corrected chi connectivity index (χ1v) is 6.22. The summed E-state index contributed by atoms with van der Waals surface area (Å²) in [7, 11) is 0. The number of aryl methyl sites for hydroxylation is 1. The molecule has 0 radical (unpaired) electrons. The van der Waals surface area contributed by atoms with Crippen molar-refractivity contribution in [3.8, 4) is 11.4 Å². The minimum absolute atomic E-state index is 0.0602. The van der Waals surface area contributed by atoms with Crippen LogP contribution < -0.4 is 11.1 Å². The van der Waals surface area contributed by atoms with Gasteiger partial charge in [-0.25, -0.2) is 0 Å². The van der Waals surface area contributed by atoms with E-state index in [1.54, 1.807) is 0 Å². The Balaban J connectivity index is 1.90. The molecular formula is C13H14N4O2. The zero-order chi connectivity index (χ0) is 13.2. The number of nitrogens with two attached hydrogens (primary N) is 1. The molecule has 0 fully saturated rings. The van der Waals surface area contributed by atoms with Crippen molar-refractivity contribution in [1.29, 1.82) is 0 Å². The molecule has 19 heavy (non-hydrogen) atoms. The number of hydrogen-bond acceptors (Lipinski definition) is 5. The van der Waals surface area contributed by atoms with Gasteiger partial charge in [-0.3, -0.25) is 4.79 Å². The van der Waals surface area contributed by atoms with Gasteiger partial charge >= 0.3 is 0 Å². The van der Waals surface area contributed by atoms with Crippen LogP contribution in [-0.4, -0.2) is 22.6 Å². The van der Waals surface area contributed by atoms with Crippen LogP contribution in [0.2, 0.25) is 0 Å². The van der Waals surface area contributed by atoms with Gasteiger partial charge in [0, 0.05) is 30.6 Å². The van der Waals surface area contributed by atoms with Crippen molar-refractivity contribution in [2.24, 2.45) is 5.73 Å². The van der Waals surface area contributed by atoms with E-state index in [0.29, 0.717) is 31.1 Å². The van der Waals surface area contributed by atoms with Crippen LogP contribution in [0.25, 0.3) is 11.4 Å². The molecule has 1 aromatic heterocycles. The van der Waals surface area contributed by atoms with Gasteiger partial charge in [0.05, 0.1) is 0 Å². The molecule has 0 bridgehead atoms. The summed E-state index contributed by atoms with van der Waals surface area (Å²) in [6.07, 6.45) is 1.83. The maximum atomic E-state index is 11.3. The molecule has 0 unspecified atom stereocenters. The summed E-state index contributed by atoms with van der Waals surface area (Å²) >= 11 is 0. The Hall–Kier alpha value is -2.21. The largest absolute Gasteiger partial charge is 0.339 e. The second kappa shape index (κ2) is 4.81. The smallest absolute Gasteiger partial charge is 0.228 e. The number of nitrogens with one attached hydrogen (secondary N) is 1. The summed E-state index contributed by atoms with van der Waals surface area (Å²) in [5, 5.41) is 6.78. The number of carbonyl (C=O) groups excluding carboxylic acids is 1.